The number of nitriles is 1. The van der Waals surface area contributed by atoms with E-state index in [9.17, 15) is 4.79 Å². The van der Waals surface area contributed by atoms with Crippen molar-refractivity contribution < 1.29 is 14.3 Å². The van der Waals surface area contributed by atoms with Crippen LogP contribution >= 0.6 is 0 Å². The standard InChI is InChI=1S/C14H16N2O3/c1-9-11(18-2)5-4-10(12(9)19-3)16-13(17)14(8-15)6-7-14/h4-5H,6-7H2,1-3H3,(H,16,17). The first kappa shape index (κ1) is 13.2. The lowest BCUT2D eigenvalue weighted by Crippen LogP contribution is -2.23. The third kappa shape index (κ3) is 2.22. The first-order valence-electron chi connectivity index (χ1n) is 6.02. The van der Waals surface area contributed by atoms with Gasteiger partial charge in [-0.15, -0.1) is 0 Å². The summed E-state index contributed by atoms with van der Waals surface area (Å²) in [5.41, 5.74) is 0.524. The van der Waals surface area contributed by atoms with Gasteiger partial charge in [-0.2, -0.15) is 5.26 Å². The van der Waals surface area contributed by atoms with Crippen molar-refractivity contribution in [2.24, 2.45) is 5.41 Å². The van der Waals surface area contributed by atoms with E-state index < -0.39 is 5.41 Å². The van der Waals surface area contributed by atoms with Gasteiger partial charge in [0.25, 0.3) is 0 Å². The first-order chi connectivity index (χ1) is 9.07. The monoisotopic (exact) mass is 260 g/mol. The van der Waals surface area contributed by atoms with Crippen molar-refractivity contribution in [3.05, 3.63) is 17.7 Å². The lowest BCUT2D eigenvalue weighted by molar-refractivity contribution is -0.119. The molecule has 2 rings (SSSR count). The maximum atomic E-state index is 12.0. The van der Waals surface area contributed by atoms with E-state index in [4.69, 9.17) is 14.7 Å². The maximum absolute atomic E-state index is 12.0. The molecule has 0 atom stereocenters. The normalized spacial score (nSPS) is 15.3. The SMILES string of the molecule is COc1ccc(NC(=O)C2(C#N)CC2)c(OC)c1C. The van der Waals surface area contributed by atoms with E-state index in [0.717, 1.165) is 5.56 Å². The van der Waals surface area contributed by atoms with Crippen molar-refractivity contribution in [1.29, 1.82) is 5.26 Å². The van der Waals surface area contributed by atoms with Gasteiger partial charge in [-0.05, 0) is 31.9 Å². The largest absolute Gasteiger partial charge is 0.496 e. The number of nitrogens with zero attached hydrogens (tertiary/aromatic N) is 1. The van der Waals surface area contributed by atoms with Gasteiger partial charge in [0.1, 0.15) is 16.9 Å². The molecule has 0 unspecified atom stereocenters. The number of anilines is 1. The molecule has 0 aromatic heterocycles. The van der Waals surface area contributed by atoms with Crippen molar-refractivity contribution in [2.45, 2.75) is 19.8 Å². The highest BCUT2D eigenvalue weighted by Gasteiger charge is 2.50. The molecule has 1 aliphatic carbocycles. The van der Waals surface area contributed by atoms with Crippen LogP contribution in [-0.4, -0.2) is 20.1 Å². The third-order valence-electron chi connectivity index (χ3n) is 3.43. The fourth-order valence-electron chi connectivity index (χ4n) is 2.01. The number of benzene rings is 1. The Labute approximate surface area is 112 Å². The number of amides is 1. The zero-order chi connectivity index (χ0) is 14.0. The van der Waals surface area contributed by atoms with Crippen LogP contribution in [-0.2, 0) is 4.79 Å². The van der Waals surface area contributed by atoms with E-state index in [1.54, 1.807) is 19.2 Å². The fraction of sp³-hybridized carbons (Fsp3) is 0.429. The van der Waals surface area contributed by atoms with Gasteiger partial charge in [-0.1, -0.05) is 0 Å². The molecule has 1 aromatic rings. The number of ether oxygens (including phenoxy) is 2. The summed E-state index contributed by atoms with van der Waals surface area (Å²) in [5.74, 6) is 0.982. The maximum Gasteiger partial charge on any atom is 0.244 e. The predicted molar refractivity (Wildman–Crippen MR) is 70.2 cm³/mol. The summed E-state index contributed by atoms with van der Waals surface area (Å²) < 4.78 is 10.5. The van der Waals surface area contributed by atoms with Gasteiger partial charge in [0, 0.05) is 5.56 Å². The van der Waals surface area contributed by atoms with Crippen LogP contribution < -0.4 is 14.8 Å². The number of methoxy groups -OCH3 is 2. The Morgan fingerprint density at radius 2 is 2.05 bits per heavy atom. The molecular formula is C14H16N2O3. The summed E-state index contributed by atoms with van der Waals surface area (Å²) in [6.07, 6.45) is 1.24. The van der Waals surface area contributed by atoms with E-state index >= 15 is 0 Å². The van der Waals surface area contributed by atoms with Crippen molar-refractivity contribution in [2.75, 3.05) is 19.5 Å². The lowest BCUT2D eigenvalue weighted by Gasteiger charge is -2.16. The molecule has 1 N–H and O–H groups in total. The Bertz CT molecular complexity index is 557. The molecule has 0 spiro atoms. The van der Waals surface area contributed by atoms with Gasteiger partial charge in [0.05, 0.1) is 26.0 Å². The Kier molecular flexibility index (Phi) is 3.34. The number of rotatable bonds is 4. The Balaban J connectivity index is 2.29. The minimum Gasteiger partial charge on any atom is -0.496 e. The van der Waals surface area contributed by atoms with Crippen LogP contribution in [0.15, 0.2) is 12.1 Å². The molecule has 1 amide bonds. The second-order valence-corrected chi connectivity index (χ2v) is 4.62. The number of carbonyl (C=O) groups is 1. The highest BCUT2D eigenvalue weighted by Crippen LogP contribution is 2.46. The zero-order valence-electron chi connectivity index (χ0n) is 11.2. The predicted octanol–water partition coefficient (Wildman–Crippen LogP) is 2.25. The Morgan fingerprint density at radius 3 is 2.53 bits per heavy atom. The van der Waals surface area contributed by atoms with Gasteiger partial charge in [-0.3, -0.25) is 4.79 Å². The minimum absolute atomic E-state index is 0.266. The van der Waals surface area contributed by atoms with E-state index in [-0.39, 0.29) is 5.91 Å². The topological polar surface area (TPSA) is 71.3 Å². The van der Waals surface area contributed by atoms with Crippen LogP contribution in [0.25, 0.3) is 0 Å². The van der Waals surface area contributed by atoms with Crippen LogP contribution in [0.2, 0.25) is 0 Å². The van der Waals surface area contributed by atoms with Gasteiger partial charge in [-0.25, -0.2) is 0 Å². The summed E-state index contributed by atoms with van der Waals surface area (Å²) in [6.45, 7) is 1.85. The molecule has 0 aliphatic heterocycles. The van der Waals surface area contributed by atoms with Gasteiger partial charge < -0.3 is 14.8 Å². The number of hydrogen-bond donors (Lipinski definition) is 1. The van der Waals surface area contributed by atoms with Crippen LogP contribution in [0.3, 0.4) is 0 Å². The summed E-state index contributed by atoms with van der Waals surface area (Å²) in [6, 6.07) is 5.55. The number of nitrogens with one attached hydrogen (secondary N) is 1. The molecule has 1 aliphatic rings. The van der Waals surface area contributed by atoms with E-state index in [2.05, 4.69) is 11.4 Å². The number of carbonyl (C=O) groups excluding carboxylic acids is 1. The summed E-state index contributed by atoms with van der Waals surface area (Å²) in [5, 5.41) is 11.8. The second kappa shape index (κ2) is 4.81. The number of hydrogen-bond acceptors (Lipinski definition) is 4. The van der Waals surface area contributed by atoms with Gasteiger partial charge in [0.15, 0.2) is 0 Å². The molecule has 1 aromatic carbocycles. The molecule has 5 nitrogen and oxygen atoms in total. The Morgan fingerprint density at radius 1 is 1.37 bits per heavy atom. The van der Waals surface area contributed by atoms with Crippen molar-refractivity contribution in [1.82, 2.24) is 0 Å². The van der Waals surface area contributed by atoms with Crippen LogP contribution in [0.4, 0.5) is 5.69 Å². The molecule has 19 heavy (non-hydrogen) atoms. The summed E-state index contributed by atoms with van der Waals surface area (Å²) >= 11 is 0. The molecular weight excluding hydrogens is 244 g/mol. The fourth-order valence-corrected chi connectivity index (χ4v) is 2.01. The van der Waals surface area contributed by atoms with Crippen LogP contribution in [0, 0.1) is 23.7 Å². The lowest BCUT2D eigenvalue weighted by atomic mass is 10.1. The molecule has 0 bridgehead atoms. The van der Waals surface area contributed by atoms with E-state index in [1.165, 1.54) is 7.11 Å². The smallest absolute Gasteiger partial charge is 0.244 e. The van der Waals surface area contributed by atoms with E-state index in [0.29, 0.717) is 30.0 Å². The molecule has 5 heteroatoms. The third-order valence-corrected chi connectivity index (χ3v) is 3.43. The molecule has 1 fully saturated rings. The first-order valence-corrected chi connectivity index (χ1v) is 6.02. The highest BCUT2D eigenvalue weighted by atomic mass is 16.5. The molecule has 100 valence electrons. The van der Waals surface area contributed by atoms with Crippen LogP contribution in [0.5, 0.6) is 11.5 Å². The van der Waals surface area contributed by atoms with E-state index in [1.807, 2.05) is 6.92 Å². The molecule has 0 saturated heterocycles. The average molecular weight is 260 g/mol. The highest BCUT2D eigenvalue weighted by molar-refractivity contribution is 6.00. The van der Waals surface area contributed by atoms with Crippen molar-refractivity contribution in [3.63, 3.8) is 0 Å². The Hall–Kier alpha value is -2.22. The molecule has 0 heterocycles. The van der Waals surface area contributed by atoms with Crippen molar-refractivity contribution >= 4 is 11.6 Å². The quantitative estimate of drug-likeness (QED) is 0.901. The van der Waals surface area contributed by atoms with Crippen molar-refractivity contribution in [3.8, 4) is 17.6 Å². The average Bonchev–Trinajstić information content (AvgIpc) is 3.20. The van der Waals surface area contributed by atoms with Crippen LogP contribution in [0.1, 0.15) is 18.4 Å². The second-order valence-electron chi connectivity index (χ2n) is 4.62. The summed E-state index contributed by atoms with van der Waals surface area (Å²) in [7, 11) is 3.11. The summed E-state index contributed by atoms with van der Waals surface area (Å²) in [4.78, 5) is 12.0. The minimum atomic E-state index is -0.848. The zero-order valence-corrected chi connectivity index (χ0v) is 11.2. The molecule has 0 radical (unpaired) electrons. The van der Waals surface area contributed by atoms with Gasteiger partial charge in [0.2, 0.25) is 5.91 Å². The van der Waals surface area contributed by atoms with Gasteiger partial charge >= 0.3 is 0 Å². The molecule has 1 saturated carbocycles.